The third-order valence-electron chi connectivity index (χ3n) is 5.02. The van der Waals surface area contributed by atoms with Crippen molar-refractivity contribution in [3.05, 3.63) is 24.3 Å². The van der Waals surface area contributed by atoms with Crippen molar-refractivity contribution in [2.24, 2.45) is 5.92 Å². The number of fused-ring (bicyclic) bond motifs is 1. The maximum Gasteiger partial charge on any atom is 0.430 e. The second-order valence-electron chi connectivity index (χ2n) is 6.44. The van der Waals surface area contributed by atoms with Crippen LogP contribution in [-0.4, -0.2) is 29.6 Å². The lowest BCUT2D eigenvalue weighted by molar-refractivity contribution is -0.174. The Morgan fingerprint density at radius 1 is 1.23 bits per heavy atom. The van der Waals surface area contributed by atoms with Crippen LogP contribution in [0, 0.1) is 5.92 Å². The van der Waals surface area contributed by atoms with Gasteiger partial charge in [0.05, 0.1) is 11.4 Å². The van der Waals surface area contributed by atoms with Crippen molar-refractivity contribution in [1.29, 1.82) is 0 Å². The van der Waals surface area contributed by atoms with Crippen LogP contribution in [0.5, 0.6) is 0 Å². The lowest BCUT2D eigenvalue weighted by Crippen LogP contribution is -2.62. The number of para-hydroxylation sites is 2. The van der Waals surface area contributed by atoms with E-state index in [1.807, 2.05) is 0 Å². The highest BCUT2D eigenvalue weighted by molar-refractivity contribution is 5.78. The number of alkyl halides is 3. The van der Waals surface area contributed by atoms with Gasteiger partial charge in [-0.1, -0.05) is 12.1 Å². The number of benzene rings is 1. The second kappa shape index (κ2) is 5.33. The zero-order valence-corrected chi connectivity index (χ0v) is 12.5. The predicted molar refractivity (Wildman–Crippen MR) is 79.8 cm³/mol. The minimum Gasteiger partial charge on any atom is -0.396 e. The first-order chi connectivity index (χ1) is 10.4. The van der Waals surface area contributed by atoms with E-state index in [1.165, 1.54) is 11.8 Å². The molecular weight excluding hydrogens is 293 g/mol. The molecule has 1 aliphatic carbocycles. The van der Waals surface area contributed by atoms with Crippen molar-refractivity contribution in [3.63, 3.8) is 0 Å². The molecule has 1 unspecified atom stereocenters. The monoisotopic (exact) mass is 314 g/mol. The van der Waals surface area contributed by atoms with Crippen molar-refractivity contribution < 1.29 is 18.3 Å². The van der Waals surface area contributed by atoms with Gasteiger partial charge in [0, 0.05) is 12.6 Å². The summed E-state index contributed by atoms with van der Waals surface area (Å²) in [5.74, 6) is 0.221. The Balaban J connectivity index is 1.94. The molecular formula is C16H21F3N2O. The minimum atomic E-state index is -4.38. The van der Waals surface area contributed by atoms with Crippen molar-refractivity contribution in [2.45, 2.75) is 50.5 Å². The van der Waals surface area contributed by atoms with Crippen LogP contribution < -0.4 is 10.2 Å². The van der Waals surface area contributed by atoms with E-state index in [4.69, 9.17) is 0 Å². The Morgan fingerprint density at radius 3 is 2.45 bits per heavy atom. The Labute approximate surface area is 128 Å². The average Bonchev–Trinajstić information content (AvgIpc) is 2.80. The van der Waals surface area contributed by atoms with Gasteiger partial charge in [-0.15, -0.1) is 0 Å². The van der Waals surface area contributed by atoms with Crippen LogP contribution in [0.3, 0.4) is 0 Å². The molecule has 0 radical (unpaired) electrons. The molecule has 2 N–H and O–H groups in total. The van der Waals surface area contributed by atoms with E-state index in [9.17, 15) is 18.3 Å². The molecule has 1 saturated carbocycles. The van der Waals surface area contributed by atoms with Gasteiger partial charge in [-0.3, -0.25) is 0 Å². The minimum absolute atomic E-state index is 0.123. The van der Waals surface area contributed by atoms with Crippen LogP contribution in [0.1, 0.15) is 32.6 Å². The van der Waals surface area contributed by atoms with E-state index in [-0.39, 0.29) is 18.6 Å². The van der Waals surface area contributed by atoms with E-state index in [0.717, 1.165) is 12.8 Å². The Kier molecular flexibility index (Phi) is 3.75. The summed E-state index contributed by atoms with van der Waals surface area (Å²) in [6, 6.07) is 6.80. The summed E-state index contributed by atoms with van der Waals surface area (Å²) in [6.45, 7) is 1.34. The first kappa shape index (κ1) is 15.5. The molecule has 22 heavy (non-hydrogen) atoms. The summed E-state index contributed by atoms with van der Waals surface area (Å²) in [7, 11) is 0. The van der Waals surface area contributed by atoms with Gasteiger partial charge >= 0.3 is 6.18 Å². The lowest BCUT2D eigenvalue weighted by Gasteiger charge is -2.45. The molecule has 0 amide bonds. The number of hydrogen-bond acceptors (Lipinski definition) is 3. The van der Waals surface area contributed by atoms with Crippen LogP contribution in [0.4, 0.5) is 24.5 Å². The van der Waals surface area contributed by atoms with Gasteiger partial charge in [0.2, 0.25) is 5.66 Å². The van der Waals surface area contributed by atoms with Gasteiger partial charge in [0.15, 0.2) is 0 Å². The first-order valence-electron chi connectivity index (χ1n) is 7.71. The van der Waals surface area contributed by atoms with Crippen LogP contribution >= 0.6 is 0 Å². The highest BCUT2D eigenvalue weighted by Crippen LogP contribution is 2.50. The van der Waals surface area contributed by atoms with Crippen molar-refractivity contribution in [1.82, 2.24) is 0 Å². The van der Waals surface area contributed by atoms with Gasteiger partial charge in [0.25, 0.3) is 0 Å². The van der Waals surface area contributed by atoms with E-state index < -0.39 is 11.8 Å². The van der Waals surface area contributed by atoms with Crippen molar-refractivity contribution in [2.75, 3.05) is 16.8 Å². The maximum atomic E-state index is 13.7. The summed E-state index contributed by atoms with van der Waals surface area (Å²) >= 11 is 0. The number of halogens is 3. The van der Waals surface area contributed by atoms with Crippen LogP contribution in [0.15, 0.2) is 24.3 Å². The van der Waals surface area contributed by atoms with Gasteiger partial charge in [-0.25, -0.2) is 0 Å². The first-order valence-corrected chi connectivity index (χ1v) is 7.71. The van der Waals surface area contributed by atoms with E-state index in [1.54, 1.807) is 24.3 Å². The summed E-state index contributed by atoms with van der Waals surface area (Å²) in [5, 5.41) is 11.9. The summed E-state index contributed by atoms with van der Waals surface area (Å²) < 4.78 is 41.1. The van der Waals surface area contributed by atoms with Crippen molar-refractivity contribution >= 4 is 11.4 Å². The average molecular weight is 314 g/mol. The molecule has 0 spiro atoms. The molecule has 0 aromatic heterocycles. The molecule has 1 aliphatic heterocycles. The molecule has 0 bridgehead atoms. The fourth-order valence-electron chi connectivity index (χ4n) is 3.71. The number of rotatable bonds is 2. The fraction of sp³-hybridized carbons (Fsp3) is 0.625. The highest BCUT2D eigenvalue weighted by Gasteiger charge is 2.60. The largest absolute Gasteiger partial charge is 0.430 e. The SMILES string of the molecule is CC1(C(F)(F)F)Nc2ccccc2N1C1CCC(CO)CC1. The molecule has 3 nitrogen and oxygen atoms in total. The number of aliphatic hydroxyl groups excluding tert-OH is 1. The second-order valence-corrected chi connectivity index (χ2v) is 6.44. The van der Waals surface area contributed by atoms with Crippen LogP contribution in [0.25, 0.3) is 0 Å². The van der Waals surface area contributed by atoms with Crippen LogP contribution in [0.2, 0.25) is 0 Å². The summed E-state index contributed by atoms with van der Waals surface area (Å²) in [5.41, 5.74) is -0.922. The Bertz CT molecular complexity index is 540. The standard InChI is InChI=1S/C16H21F3N2O/c1-15(16(17,18)19)20-13-4-2-3-5-14(13)21(15)12-8-6-11(10-22)7-9-12/h2-5,11-12,20,22H,6-10H2,1H3. The number of hydrogen-bond donors (Lipinski definition) is 2. The third kappa shape index (κ3) is 2.33. The van der Waals surface area contributed by atoms with E-state index in [0.29, 0.717) is 24.2 Å². The molecule has 0 saturated heterocycles. The molecule has 1 aromatic rings. The molecule has 6 heteroatoms. The van der Waals surface area contributed by atoms with Gasteiger partial charge < -0.3 is 15.3 Å². The zero-order valence-electron chi connectivity index (χ0n) is 12.5. The molecule has 122 valence electrons. The van der Waals surface area contributed by atoms with Gasteiger partial charge in [-0.2, -0.15) is 13.2 Å². The smallest absolute Gasteiger partial charge is 0.396 e. The Morgan fingerprint density at radius 2 is 1.86 bits per heavy atom. The maximum absolute atomic E-state index is 13.7. The number of nitrogens with one attached hydrogen (secondary N) is 1. The topological polar surface area (TPSA) is 35.5 Å². The normalized spacial score (nSPS) is 31.8. The third-order valence-corrected chi connectivity index (χ3v) is 5.02. The number of nitrogens with zero attached hydrogens (tertiary/aromatic N) is 1. The quantitative estimate of drug-likeness (QED) is 0.873. The predicted octanol–water partition coefficient (Wildman–Crippen LogP) is 3.75. The number of anilines is 2. The molecule has 1 aromatic carbocycles. The van der Waals surface area contributed by atoms with Crippen molar-refractivity contribution in [3.8, 4) is 0 Å². The highest BCUT2D eigenvalue weighted by atomic mass is 19.4. The van der Waals surface area contributed by atoms with E-state index in [2.05, 4.69) is 5.32 Å². The van der Waals surface area contributed by atoms with Gasteiger partial charge in [-0.05, 0) is 50.7 Å². The molecule has 3 rings (SSSR count). The fourth-order valence-corrected chi connectivity index (χ4v) is 3.71. The summed E-state index contributed by atoms with van der Waals surface area (Å²) in [4.78, 5) is 1.51. The van der Waals surface area contributed by atoms with Crippen LogP contribution in [-0.2, 0) is 0 Å². The molecule has 1 atom stereocenters. The Hall–Kier alpha value is -1.43. The van der Waals surface area contributed by atoms with Gasteiger partial charge in [0.1, 0.15) is 0 Å². The van der Waals surface area contributed by atoms with E-state index >= 15 is 0 Å². The zero-order chi connectivity index (χ0) is 16.0. The summed E-state index contributed by atoms with van der Waals surface area (Å²) in [6.07, 6.45) is -1.48. The molecule has 1 fully saturated rings. The lowest BCUT2D eigenvalue weighted by atomic mass is 9.85. The number of aliphatic hydroxyl groups is 1. The molecule has 1 heterocycles. The molecule has 2 aliphatic rings.